The summed E-state index contributed by atoms with van der Waals surface area (Å²) in [5, 5.41) is 3.94. The smallest absolute Gasteiger partial charge is 0.127 e. The summed E-state index contributed by atoms with van der Waals surface area (Å²) in [7, 11) is 0. The van der Waals surface area contributed by atoms with Crippen LogP contribution in [0.15, 0.2) is 72.8 Å². The minimum atomic E-state index is 0.431. The third-order valence-electron chi connectivity index (χ3n) is 7.11. The minimum Gasteiger partial charge on any atom is -0.491 e. The van der Waals surface area contributed by atoms with Crippen molar-refractivity contribution in [3.05, 3.63) is 72.8 Å². The van der Waals surface area contributed by atoms with Crippen LogP contribution < -0.4 is 18.9 Å². The molecular weight excluding hydrogens is 592 g/mol. The fourth-order valence-electron chi connectivity index (χ4n) is 4.93. The van der Waals surface area contributed by atoms with E-state index < -0.39 is 0 Å². The highest BCUT2D eigenvalue weighted by molar-refractivity contribution is 5.93. The molecule has 4 aromatic carbocycles. The first-order valence-electron chi connectivity index (χ1n) is 15.9. The molecule has 0 spiro atoms. The zero-order chi connectivity index (χ0) is 31.5. The van der Waals surface area contributed by atoms with E-state index in [1.54, 1.807) is 0 Å². The van der Waals surface area contributed by atoms with Crippen LogP contribution in [0.25, 0.3) is 21.5 Å². The Morgan fingerprint density at radius 1 is 0.239 bits per heavy atom. The van der Waals surface area contributed by atoms with Gasteiger partial charge in [0, 0.05) is 21.5 Å². The summed E-state index contributed by atoms with van der Waals surface area (Å²) in [4.78, 5) is 0. The molecule has 0 aliphatic carbocycles. The van der Waals surface area contributed by atoms with Crippen LogP contribution in [0, 0.1) is 0 Å². The molecule has 0 amide bonds. The van der Waals surface area contributed by atoms with Gasteiger partial charge in [-0.1, -0.05) is 48.5 Å². The van der Waals surface area contributed by atoms with E-state index in [-0.39, 0.29) is 0 Å². The molecule has 248 valence electrons. The van der Waals surface area contributed by atoms with Crippen molar-refractivity contribution >= 4 is 21.5 Å². The topological polar surface area (TPSA) is 92.3 Å². The Balaban J connectivity index is 1.09. The van der Waals surface area contributed by atoms with Crippen LogP contribution in [0.3, 0.4) is 0 Å². The van der Waals surface area contributed by atoms with Crippen molar-refractivity contribution in [3.8, 4) is 23.0 Å². The molecule has 4 aromatic rings. The van der Waals surface area contributed by atoms with Crippen LogP contribution >= 0.6 is 0 Å². The Labute approximate surface area is 270 Å². The third-order valence-corrected chi connectivity index (χ3v) is 7.11. The van der Waals surface area contributed by atoms with E-state index in [4.69, 9.17) is 47.4 Å². The van der Waals surface area contributed by atoms with Gasteiger partial charge < -0.3 is 47.4 Å². The first kappa shape index (κ1) is 33.7. The molecule has 0 atom stereocenters. The predicted octanol–water partition coefficient (Wildman–Crippen LogP) is 5.32. The molecule has 0 aromatic heterocycles. The minimum absolute atomic E-state index is 0.431. The van der Waals surface area contributed by atoms with E-state index in [1.807, 2.05) is 72.8 Å². The molecule has 1 aliphatic rings. The summed E-state index contributed by atoms with van der Waals surface area (Å²) in [6.07, 6.45) is 0. The molecule has 5 rings (SSSR count). The summed E-state index contributed by atoms with van der Waals surface area (Å²) in [5.41, 5.74) is 0. The number of hydrogen-bond acceptors (Lipinski definition) is 10. The molecule has 0 radical (unpaired) electrons. The number of rotatable bonds is 0. The maximum Gasteiger partial charge on any atom is 0.127 e. The summed E-state index contributed by atoms with van der Waals surface area (Å²) in [6, 6.07) is 23.8. The average molecular weight is 637 g/mol. The zero-order valence-corrected chi connectivity index (χ0v) is 26.3. The van der Waals surface area contributed by atoms with Gasteiger partial charge in [0.1, 0.15) is 49.4 Å². The van der Waals surface area contributed by atoms with Gasteiger partial charge in [0.25, 0.3) is 0 Å². The predicted molar refractivity (Wildman–Crippen MR) is 175 cm³/mol. The molecule has 0 N–H and O–H groups in total. The summed E-state index contributed by atoms with van der Waals surface area (Å²) in [5.74, 6) is 3.15. The number of benzene rings is 4. The Morgan fingerprint density at radius 3 is 0.652 bits per heavy atom. The monoisotopic (exact) mass is 636 g/mol. The highest BCUT2D eigenvalue weighted by atomic mass is 16.6. The molecule has 1 heterocycles. The van der Waals surface area contributed by atoms with Gasteiger partial charge in [-0.2, -0.15) is 0 Å². The van der Waals surface area contributed by atoms with Gasteiger partial charge in [-0.05, 0) is 24.3 Å². The summed E-state index contributed by atoms with van der Waals surface area (Å²) >= 11 is 0. The molecular formula is C36H44O10. The normalized spacial score (nSPS) is 18.1. The van der Waals surface area contributed by atoms with Crippen LogP contribution in [-0.4, -0.2) is 106 Å². The van der Waals surface area contributed by atoms with E-state index in [1.165, 1.54) is 0 Å². The van der Waals surface area contributed by atoms with Gasteiger partial charge in [-0.15, -0.1) is 0 Å². The standard InChI is InChI=1S/C36H44O10/c1-5-29-30-6-2-10-34(29)44-26-22-40-18-14-38-16-20-42-24-28-46-36-12-4-7-31-32(36)8-3-11-35(31)45-27-23-41-19-15-37-13-17-39-21-25-43-33(30)9-1/h1-12H,13-28H2. The Kier molecular flexibility index (Phi) is 14.5. The lowest BCUT2D eigenvalue weighted by atomic mass is 10.1. The Morgan fingerprint density at radius 2 is 0.435 bits per heavy atom. The molecule has 8 bridgehead atoms. The molecule has 0 saturated carbocycles. The van der Waals surface area contributed by atoms with E-state index in [0.29, 0.717) is 106 Å². The third kappa shape index (κ3) is 10.7. The highest BCUT2D eigenvalue weighted by Crippen LogP contribution is 2.33. The SMILES string of the molecule is c1cc2c3cccc(c3c1)OCCOCCOCCOCCOc1cccc3c(cccc13)OCCOCCOCCOCCO2. The van der Waals surface area contributed by atoms with Crippen molar-refractivity contribution in [2.45, 2.75) is 0 Å². The molecule has 1 aliphatic heterocycles. The zero-order valence-electron chi connectivity index (χ0n) is 26.3. The van der Waals surface area contributed by atoms with Crippen molar-refractivity contribution in [2.24, 2.45) is 0 Å². The van der Waals surface area contributed by atoms with Crippen molar-refractivity contribution in [2.75, 3.05) is 106 Å². The maximum absolute atomic E-state index is 6.02. The Hall–Kier alpha value is -3.64. The lowest BCUT2D eigenvalue weighted by Crippen LogP contribution is -2.14. The lowest BCUT2D eigenvalue weighted by Gasteiger charge is -2.14. The highest BCUT2D eigenvalue weighted by Gasteiger charge is 2.09. The van der Waals surface area contributed by atoms with Gasteiger partial charge in [0.15, 0.2) is 0 Å². The second kappa shape index (κ2) is 19.8. The number of ether oxygens (including phenoxy) is 10. The molecule has 0 saturated heterocycles. The van der Waals surface area contributed by atoms with Crippen LogP contribution in [-0.2, 0) is 28.4 Å². The van der Waals surface area contributed by atoms with Crippen molar-refractivity contribution in [1.29, 1.82) is 0 Å². The first-order valence-corrected chi connectivity index (χ1v) is 15.9. The second-order valence-electron chi connectivity index (χ2n) is 10.3. The summed E-state index contributed by atoms with van der Waals surface area (Å²) in [6.45, 7) is 7.41. The van der Waals surface area contributed by atoms with Gasteiger partial charge in [-0.3, -0.25) is 0 Å². The van der Waals surface area contributed by atoms with Crippen LogP contribution in [0.1, 0.15) is 0 Å². The van der Waals surface area contributed by atoms with E-state index in [9.17, 15) is 0 Å². The molecule has 10 heteroatoms. The maximum atomic E-state index is 6.02. The van der Waals surface area contributed by atoms with Gasteiger partial charge in [0.05, 0.1) is 79.3 Å². The first-order chi connectivity index (χ1) is 22.9. The second-order valence-corrected chi connectivity index (χ2v) is 10.3. The average Bonchev–Trinajstić information content (AvgIpc) is 3.08. The van der Waals surface area contributed by atoms with Crippen LogP contribution in [0.2, 0.25) is 0 Å². The number of hydrogen-bond donors (Lipinski definition) is 0. The van der Waals surface area contributed by atoms with Crippen molar-refractivity contribution in [3.63, 3.8) is 0 Å². The quantitative estimate of drug-likeness (QED) is 0.253. The van der Waals surface area contributed by atoms with Crippen LogP contribution in [0.5, 0.6) is 23.0 Å². The summed E-state index contributed by atoms with van der Waals surface area (Å²) < 4.78 is 58.1. The van der Waals surface area contributed by atoms with Crippen molar-refractivity contribution < 1.29 is 47.4 Å². The van der Waals surface area contributed by atoms with E-state index in [0.717, 1.165) is 44.5 Å². The fourth-order valence-corrected chi connectivity index (χ4v) is 4.93. The van der Waals surface area contributed by atoms with Crippen LogP contribution in [0.4, 0.5) is 0 Å². The van der Waals surface area contributed by atoms with Gasteiger partial charge in [0.2, 0.25) is 0 Å². The lowest BCUT2D eigenvalue weighted by molar-refractivity contribution is 0.00501. The molecule has 0 fully saturated rings. The largest absolute Gasteiger partial charge is 0.491 e. The molecule has 0 unspecified atom stereocenters. The van der Waals surface area contributed by atoms with E-state index >= 15 is 0 Å². The van der Waals surface area contributed by atoms with Gasteiger partial charge in [-0.25, -0.2) is 0 Å². The van der Waals surface area contributed by atoms with E-state index in [2.05, 4.69) is 0 Å². The Bertz CT molecular complexity index is 1230. The fraction of sp³-hybridized carbons (Fsp3) is 0.444. The van der Waals surface area contributed by atoms with Crippen molar-refractivity contribution in [1.82, 2.24) is 0 Å². The molecule has 10 nitrogen and oxygen atoms in total. The van der Waals surface area contributed by atoms with Gasteiger partial charge >= 0.3 is 0 Å². The molecule has 46 heavy (non-hydrogen) atoms.